The number of urea groups is 1. The van der Waals surface area contributed by atoms with Gasteiger partial charge >= 0.3 is 6.03 Å². The van der Waals surface area contributed by atoms with Crippen LogP contribution in [0.2, 0.25) is 0 Å². The molecule has 11 unspecified atom stereocenters. The highest BCUT2D eigenvalue weighted by molar-refractivity contribution is 6.21. The van der Waals surface area contributed by atoms with Crippen LogP contribution in [0.25, 0.3) is 0 Å². The lowest BCUT2D eigenvalue weighted by Gasteiger charge is -2.60. The Bertz CT molecular complexity index is 1160. The molecule has 244 valence electrons. The molecule has 7 rings (SSSR count). The topological polar surface area (TPSA) is 118 Å². The van der Waals surface area contributed by atoms with E-state index in [1.54, 1.807) is 0 Å². The zero-order chi connectivity index (χ0) is 30.9. The van der Waals surface area contributed by atoms with Crippen molar-refractivity contribution in [1.29, 1.82) is 0 Å². The number of hydrogen-bond acceptors (Lipinski definition) is 7. The summed E-state index contributed by atoms with van der Waals surface area (Å²) >= 11 is 7.24. The van der Waals surface area contributed by atoms with Crippen molar-refractivity contribution in [2.45, 2.75) is 119 Å². The van der Waals surface area contributed by atoms with Crippen molar-refractivity contribution < 1.29 is 23.5 Å². The zero-order valence-electron chi connectivity index (χ0n) is 25.7. The van der Waals surface area contributed by atoms with Gasteiger partial charge in [0.25, 0.3) is 0 Å². The molecule has 2 aliphatic carbocycles. The summed E-state index contributed by atoms with van der Waals surface area (Å²) < 4.78 is 22.2. The van der Waals surface area contributed by atoms with Crippen LogP contribution in [0.15, 0.2) is 12.7 Å². The van der Waals surface area contributed by atoms with E-state index in [-0.39, 0.29) is 78.8 Å². The number of amides is 4. The van der Waals surface area contributed by atoms with Crippen LogP contribution in [-0.2, 0) is 14.3 Å². The molecule has 11 nitrogen and oxygen atoms in total. The van der Waals surface area contributed by atoms with E-state index in [1.165, 1.54) is 6.08 Å². The first-order valence-electron chi connectivity index (χ1n) is 16.6. The van der Waals surface area contributed by atoms with E-state index in [0.29, 0.717) is 45.2 Å². The molecule has 7 aliphatic rings. The Morgan fingerprint density at radius 1 is 1.11 bits per heavy atom. The Morgan fingerprint density at radius 3 is 2.70 bits per heavy atom. The molecule has 0 aromatic heterocycles. The number of fused-ring (bicyclic) bond motifs is 6. The van der Waals surface area contributed by atoms with Crippen molar-refractivity contribution in [3.63, 3.8) is 0 Å². The van der Waals surface area contributed by atoms with E-state index in [0.717, 1.165) is 13.0 Å². The van der Waals surface area contributed by atoms with E-state index in [1.807, 2.05) is 9.80 Å². The summed E-state index contributed by atoms with van der Waals surface area (Å²) in [5.74, 6) is -0.701. The van der Waals surface area contributed by atoms with Crippen LogP contribution < -0.4 is 21.3 Å². The van der Waals surface area contributed by atoms with Crippen molar-refractivity contribution in [3.8, 4) is 0 Å². The molecule has 5 heterocycles. The number of rotatable bonds is 3. The second kappa shape index (κ2) is 12.0. The maximum absolute atomic E-state index is 15.9. The SMILES string of the molecule is C=CC(=O)N1CCN(C2NC(=O)N3C4NC(C(Cl)CC42)C2C(F)CCCC2NC(=O)COC2CCNC(C(C)C)C23)[C@H]2C[C@H]21. The third-order valence-corrected chi connectivity index (χ3v) is 11.9. The minimum absolute atomic E-state index is 0.0520. The number of piperazine rings is 1. The number of piperidine rings is 2. The Morgan fingerprint density at radius 2 is 1.93 bits per heavy atom. The number of halogens is 2. The molecular formula is C31H47ClFN7O4. The van der Waals surface area contributed by atoms with Gasteiger partial charge in [0, 0.05) is 60.5 Å². The molecule has 4 amide bonds. The highest BCUT2D eigenvalue weighted by Gasteiger charge is 2.60. The third-order valence-electron chi connectivity index (χ3n) is 11.5. The Labute approximate surface area is 264 Å². The van der Waals surface area contributed by atoms with Crippen LogP contribution in [-0.4, -0.2) is 125 Å². The highest BCUT2D eigenvalue weighted by atomic mass is 35.5. The average molecular weight is 636 g/mol. The number of alkyl halides is 2. The average Bonchev–Trinajstić information content (AvgIpc) is 3.80. The highest BCUT2D eigenvalue weighted by Crippen LogP contribution is 2.45. The lowest BCUT2D eigenvalue weighted by Crippen LogP contribution is -2.80. The summed E-state index contributed by atoms with van der Waals surface area (Å²) in [6.45, 7) is 9.75. The molecular weight excluding hydrogens is 589 g/mol. The van der Waals surface area contributed by atoms with E-state index < -0.39 is 29.7 Å². The van der Waals surface area contributed by atoms with Gasteiger partial charge < -0.3 is 30.5 Å². The first-order valence-corrected chi connectivity index (χ1v) is 17.1. The summed E-state index contributed by atoms with van der Waals surface area (Å²) in [5, 5.41) is 13.5. The number of nitrogens with zero attached hydrogens (tertiary/aromatic N) is 3. The number of hydrogen-bond donors (Lipinski definition) is 4. The number of ether oxygens (including phenoxy) is 1. The van der Waals surface area contributed by atoms with Crippen LogP contribution in [0, 0.1) is 17.8 Å². The standard InChI is InChI=1S/C31H47ClFN7O4/c1-4-24(42)38-10-11-39(21-13-20(21)38)29-16-12-17(32)27-25-18(33)6-5-7-19(25)35-23(41)14-44-22-8-9-34-26(15(2)3)28(22)40(30(16)36-27)31(43)37-29/h4,15-22,25-30,34,36H,1,5-14H2,2-3H3,(H,35,41)(H,37,43)/t16?,17?,18?,19?,20-,21+,22?,25?,26?,27?,28?,29?,30?/m1/s1. The second-order valence-electron chi connectivity index (χ2n) is 14.2. The van der Waals surface area contributed by atoms with Crippen molar-refractivity contribution in [3.05, 3.63) is 12.7 Å². The van der Waals surface area contributed by atoms with Gasteiger partial charge in [-0.05, 0) is 57.1 Å². The fourth-order valence-electron chi connectivity index (χ4n) is 9.46. The van der Waals surface area contributed by atoms with Crippen LogP contribution in [0.3, 0.4) is 0 Å². The van der Waals surface area contributed by atoms with Crippen LogP contribution in [0.4, 0.5) is 9.18 Å². The van der Waals surface area contributed by atoms with E-state index in [4.69, 9.17) is 16.3 Å². The molecule has 0 spiro atoms. The molecule has 0 radical (unpaired) electrons. The molecule has 2 saturated carbocycles. The van der Waals surface area contributed by atoms with Crippen LogP contribution in [0.1, 0.15) is 52.4 Å². The number of carbonyl (C=O) groups is 3. The molecule has 2 bridgehead atoms. The predicted molar refractivity (Wildman–Crippen MR) is 162 cm³/mol. The Balaban J connectivity index is 1.26. The maximum atomic E-state index is 15.9. The first-order chi connectivity index (χ1) is 21.2. The third kappa shape index (κ3) is 5.22. The molecule has 44 heavy (non-hydrogen) atoms. The quantitative estimate of drug-likeness (QED) is 0.271. The monoisotopic (exact) mass is 635 g/mol. The fourth-order valence-corrected chi connectivity index (χ4v) is 9.91. The van der Waals surface area contributed by atoms with Gasteiger partial charge in [0.2, 0.25) is 11.8 Å². The Hall–Kier alpha value is -1.99. The molecule has 7 fully saturated rings. The predicted octanol–water partition coefficient (Wildman–Crippen LogP) is 1.13. The van der Waals surface area contributed by atoms with Gasteiger partial charge in [-0.25, -0.2) is 9.18 Å². The van der Waals surface area contributed by atoms with Gasteiger partial charge in [-0.3, -0.25) is 19.8 Å². The summed E-state index contributed by atoms with van der Waals surface area (Å²) in [7, 11) is 0. The first kappa shape index (κ1) is 30.7. The summed E-state index contributed by atoms with van der Waals surface area (Å²) in [5.41, 5.74) is 0. The van der Waals surface area contributed by atoms with Crippen molar-refractivity contribution in [2.75, 3.05) is 26.2 Å². The summed E-state index contributed by atoms with van der Waals surface area (Å²) in [6.07, 6.45) is 3.14. The minimum Gasteiger partial charge on any atom is -0.366 e. The van der Waals surface area contributed by atoms with Gasteiger partial charge in [-0.1, -0.05) is 20.4 Å². The molecule has 4 N–H and O–H groups in total. The lowest BCUT2D eigenvalue weighted by atomic mass is 9.72. The molecule has 5 aliphatic heterocycles. The van der Waals surface area contributed by atoms with E-state index in [9.17, 15) is 14.4 Å². The van der Waals surface area contributed by atoms with Gasteiger partial charge in [0.15, 0.2) is 0 Å². The molecule has 5 saturated heterocycles. The van der Waals surface area contributed by atoms with Crippen molar-refractivity contribution in [2.24, 2.45) is 17.8 Å². The lowest BCUT2D eigenvalue weighted by molar-refractivity contribution is -0.139. The smallest absolute Gasteiger partial charge is 0.320 e. The number of carbonyl (C=O) groups excluding carboxylic acids is 3. The second-order valence-corrected chi connectivity index (χ2v) is 14.8. The van der Waals surface area contributed by atoms with Gasteiger partial charge in [-0.15, -0.1) is 11.6 Å². The fraction of sp³-hybridized carbons (Fsp3) is 0.839. The van der Waals surface area contributed by atoms with Gasteiger partial charge in [0.1, 0.15) is 12.8 Å². The van der Waals surface area contributed by atoms with E-state index in [2.05, 4.69) is 46.6 Å². The van der Waals surface area contributed by atoms with Crippen LogP contribution in [0.5, 0.6) is 0 Å². The van der Waals surface area contributed by atoms with Crippen LogP contribution >= 0.6 is 11.6 Å². The summed E-state index contributed by atoms with van der Waals surface area (Å²) in [4.78, 5) is 46.2. The summed E-state index contributed by atoms with van der Waals surface area (Å²) in [6, 6.07) is -1.11. The Kier molecular flexibility index (Phi) is 8.35. The van der Waals surface area contributed by atoms with Gasteiger partial charge in [0.05, 0.1) is 24.5 Å². The maximum Gasteiger partial charge on any atom is 0.320 e. The number of nitrogens with one attached hydrogen (secondary N) is 4. The zero-order valence-corrected chi connectivity index (χ0v) is 26.4. The van der Waals surface area contributed by atoms with Gasteiger partial charge in [-0.2, -0.15) is 0 Å². The molecule has 13 heteroatoms. The molecule has 0 aromatic carbocycles. The minimum atomic E-state index is -1.12. The van der Waals surface area contributed by atoms with Crippen molar-refractivity contribution >= 4 is 29.4 Å². The van der Waals surface area contributed by atoms with E-state index >= 15 is 4.39 Å². The molecule has 13 atom stereocenters. The normalized spacial score (nSPS) is 45.9. The molecule has 0 aromatic rings. The largest absolute Gasteiger partial charge is 0.366 e. The van der Waals surface area contributed by atoms with Crippen molar-refractivity contribution in [1.82, 2.24) is 36.0 Å².